The molecule has 0 unspecified atom stereocenters. The number of aliphatic hydroxyl groups is 1. The van der Waals surface area contributed by atoms with E-state index >= 15 is 0 Å². The van der Waals surface area contributed by atoms with Crippen molar-refractivity contribution in [3.8, 4) is 11.3 Å². The second-order valence-corrected chi connectivity index (χ2v) is 8.47. The quantitative estimate of drug-likeness (QED) is 0.833. The van der Waals surface area contributed by atoms with Crippen molar-refractivity contribution >= 4 is 0 Å². The molecule has 2 heterocycles. The highest BCUT2D eigenvalue weighted by atomic mass is 16.3. The predicted molar refractivity (Wildman–Crippen MR) is 113 cm³/mol. The summed E-state index contributed by atoms with van der Waals surface area (Å²) in [5.74, 6) is 0. The zero-order chi connectivity index (χ0) is 19.3. The van der Waals surface area contributed by atoms with Crippen molar-refractivity contribution in [2.24, 2.45) is 7.05 Å². The molecule has 2 fully saturated rings. The fourth-order valence-electron chi connectivity index (χ4n) is 5.11. The maximum atomic E-state index is 9.65. The van der Waals surface area contributed by atoms with E-state index in [9.17, 15) is 5.11 Å². The van der Waals surface area contributed by atoms with E-state index in [-0.39, 0.29) is 6.61 Å². The highest BCUT2D eigenvalue weighted by Gasteiger charge is 2.32. The molecular formula is C23H34N4O. The molecule has 0 spiro atoms. The molecule has 1 N–H and O–H groups in total. The third kappa shape index (κ3) is 4.48. The van der Waals surface area contributed by atoms with Crippen LogP contribution in [0.15, 0.2) is 36.5 Å². The number of aromatic nitrogens is 2. The lowest BCUT2D eigenvalue weighted by molar-refractivity contribution is 0.0137. The van der Waals surface area contributed by atoms with Crippen LogP contribution in [0.5, 0.6) is 0 Å². The molecule has 5 nitrogen and oxygen atoms in total. The molecule has 2 aromatic rings. The summed E-state index contributed by atoms with van der Waals surface area (Å²) in [7, 11) is 2.01. The van der Waals surface area contributed by atoms with Crippen LogP contribution in [0.25, 0.3) is 11.3 Å². The van der Waals surface area contributed by atoms with Crippen molar-refractivity contribution in [1.82, 2.24) is 19.6 Å². The summed E-state index contributed by atoms with van der Waals surface area (Å²) >= 11 is 0. The summed E-state index contributed by atoms with van der Waals surface area (Å²) in [6, 6.07) is 11.7. The first-order chi connectivity index (χ1) is 13.7. The molecule has 28 heavy (non-hydrogen) atoms. The number of rotatable bonds is 6. The number of aryl methyl sites for hydroxylation is 1. The molecule has 1 aromatic heterocycles. The van der Waals surface area contributed by atoms with Gasteiger partial charge in [-0.15, -0.1) is 0 Å². The van der Waals surface area contributed by atoms with Gasteiger partial charge in [-0.2, -0.15) is 5.10 Å². The fourth-order valence-corrected chi connectivity index (χ4v) is 5.11. The molecule has 152 valence electrons. The number of piperazine rings is 1. The second kappa shape index (κ2) is 9.21. The van der Waals surface area contributed by atoms with Crippen LogP contribution in [-0.2, 0) is 13.6 Å². The van der Waals surface area contributed by atoms with E-state index in [0.29, 0.717) is 6.04 Å². The monoisotopic (exact) mass is 382 g/mol. The Morgan fingerprint density at radius 3 is 2.61 bits per heavy atom. The molecule has 1 saturated carbocycles. The predicted octanol–water partition coefficient (Wildman–Crippen LogP) is 3.29. The minimum atomic E-state index is 0.282. The zero-order valence-corrected chi connectivity index (χ0v) is 17.1. The number of nitrogens with zero attached hydrogens (tertiary/aromatic N) is 4. The second-order valence-electron chi connectivity index (χ2n) is 8.47. The van der Waals surface area contributed by atoms with Gasteiger partial charge in [-0.25, -0.2) is 0 Å². The van der Waals surface area contributed by atoms with Crippen LogP contribution in [-0.4, -0.2) is 63.0 Å². The molecule has 0 radical (unpaired) electrons. The molecule has 0 amide bonds. The normalized spacial score (nSPS) is 22.6. The number of aliphatic hydroxyl groups excluding tert-OH is 1. The Hall–Kier alpha value is -1.69. The first-order valence-electron chi connectivity index (χ1n) is 10.9. The SMILES string of the molecule is Cn1cc(CN2CCN(C3CCCCC3)[C@@H](CCO)C2)c(-c2ccccc2)n1. The van der Waals surface area contributed by atoms with E-state index in [1.54, 1.807) is 0 Å². The molecule has 0 bridgehead atoms. The van der Waals surface area contributed by atoms with Crippen LogP contribution in [0.3, 0.4) is 0 Å². The lowest BCUT2D eigenvalue weighted by Gasteiger charge is -2.46. The molecule has 1 aliphatic carbocycles. The first-order valence-corrected chi connectivity index (χ1v) is 10.9. The van der Waals surface area contributed by atoms with Gasteiger partial charge in [0.05, 0.1) is 5.69 Å². The van der Waals surface area contributed by atoms with Gasteiger partial charge in [-0.1, -0.05) is 49.6 Å². The minimum absolute atomic E-state index is 0.282. The van der Waals surface area contributed by atoms with Crippen LogP contribution >= 0.6 is 0 Å². The van der Waals surface area contributed by atoms with Crippen LogP contribution < -0.4 is 0 Å². The van der Waals surface area contributed by atoms with E-state index in [0.717, 1.165) is 44.3 Å². The van der Waals surface area contributed by atoms with Gasteiger partial charge in [0.2, 0.25) is 0 Å². The lowest BCUT2D eigenvalue weighted by Crippen LogP contribution is -2.56. The van der Waals surface area contributed by atoms with E-state index in [2.05, 4.69) is 46.3 Å². The van der Waals surface area contributed by atoms with Gasteiger partial charge in [0, 0.05) is 69.2 Å². The number of benzene rings is 1. The van der Waals surface area contributed by atoms with Crippen LogP contribution in [0.1, 0.15) is 44.1 Å². The summed E-state index contributed by atoms with van der Waals surface area (Å²) in [6.07, 6.45) is 9.85. The van der Waals surface area contributed by atoms with Crippen LogP contribution in [0.4, 0.5) is 0 Å². The number of hydrogen-bond acceptors (Lipinski definition) is 4. The average Bonchev–Trinajstić information content (AvgIpc) is 3.10. The van der Waals surface area contributed by atoms with Crippen molar-refractivity contribution < 1.29 is 5.11 Å². The summed E-state index contributed by atoms with van der Waals surface area (Å²) in [4.78, 5) is 5.27. The van der Waals surface area contributed by atoms with Gasteiger partial charge in [0.15, 0.2) is 0 Å². The first kappa shape index (κ1) is 19.6. The Bertz CT molecular complexity index is 738. The molecule has 2 aliphatic rings. The summed E-state index contributed by atoms with van der Waals surface area (Å²) in [5.41, 5.74) is 3.57. The van der Waals surface area contributed by atoms with Crippen LogP contribution in [0, 0.1) is 0 Å². The van der Waals surface area contributed by atoms with Crippen molar-refractivity contribution in [2.45, 2.75) is 57.2 Å². The van der Waals surface area contributed by atoms with Gasteiger partial charge >= 0.3 is 0 Å². The van der Waals surface area contributed by atoms with E-state index in [1.807, 2.05) is 11.7 Å². The standard InChI is InChI=1S/C23H34N4O/c1-25-16-20(23(24-25)19-8-4-2-5-9-19)17-26-13-14-27(22(18-26)12-15-28)21-10-6-3-7-11-21/h2,4-5,8-9,16,21-22,28H,3,6-7,10-15,17-18H2,1H3/t22-/m0/s1. The molecule has 1 aliphatic heterocycles. The third-order valence-corrected chi connectivity index (χ3v) is 6.46. The average molecular weight is 383 g/mol. The van der Waals surface area contributed by atoms with Gasteiger partial charge in [0.25, 0.3) is 0 Å². The number of hydrogen-bond donors (Lipinski definition) is 1. The smallest absolute Gasteiger partial charge is 0.0968 e. The van der Waals surface area contributed by atoms with Gasteiger partial charge in [-0.05, 0) is 19.3 Å². The van der Waals surface area contributed by atoms with Crippen molar-refractivity contribution in [3.05, 3.63) is 42.1 Å². The van der Waals surface area contributed by atoms with Gasteiger partial charge in [-0.3, -0.25) is 14.5 Å². The Kier molecular flexibility index (Phi) is 6.45. The topological polar surface area (TPSA) is 44.5 Å². The van der Waals surface area contributed by atoms with Crippen molar-refractivity contribution in [2.75, 3.05) is 26.2 Å². The molecule has 4 rings (SSSR count). The third-order valence-electron chi connectivity index (χ3n) is 6.46. The molecule has 1 saturated heterocycles. The van der Waals surface area contributed by atoms with Gasteiger partial charge in [0.1, 0.15) is 0 Å². The fraction of sp³-hybridized carbons (Fsp3) is 0.609. The Labute approximate surface area is 169 Å². The highest BCUT2D eigenvalue weighted by Crippen LogP contribution is 2.29. The van der Waals surface area contributed by atoms with Crippen LogP contribution in [0.2, 0.25) is 0 Å². The molecular weight excluding hydrogens is 348 g/mol. The molecule has 1 aromatic carbocycles. The molecule has 5 heteroatoms. The highest BCUT2D eigenvalue weighted by molar-refractivity contribution is 5.62. The maximum absolute atomic E-state index is 9.65. The van der Waals surface area contributed by atoms with E-state index < -0.39 is 0 Å². The van der Waals surface area contributed by atoms with Crippen molar-refractivity contribution in [3.63, 3.8) is 0 Å². The zero-order valence-electron chi connectivity index (χ0n) is 17.1. The largest absolute Gasteiger partial charge is 0.396 e. The Morgan fingerprint density at radius 1 is 1.07 bits per heavy atom. The van der Waals surface area contributed by atoms with Gasteiger partial charge < -0.3 is 5.11 Å². The summed E-state index contributed by atoms with van der Waals surface area (Å²) in [5, 5.41) is 14.4. The Morgan fingerprint density at radius 2 is 1.86 bits per heavy atom. The molecule has 1 atom stereocenters. The Balaban J connectivity index is 1.46. The lowest BCUT2D eigenvalue weighted by atomic mass is 9.91. The van der Waals surface area contributed by atoms with E-state index in [1.165, 1.54) is 43.2 Å². The summed E-state index contributed by atoms with van der Waals surface area (Å²) < 4.78 is 1.93. The van der Waals surface area contributed by atoms with Crippen molar-refractivity contribution in [1.29, 1.82) is 0 Å². The van der Waals surface area contributed by atoms with E-state index in [4.69, 9.17) is 5.10 Å². The summed E-state index contributed by atoms with van der Waals surface area (Å²) in [6.45, 7) is 4.47. The minimum Gasteiger partial charge on any atom is -0.396 e. The maximum Gasteiger partial charge on any atom is 0.0968 e.